The molecular formula is C22H37BN2O6. The second-order valence-electron chi connectivity index (χ2n) is 11.7. The topological polar surface area (TPSA) is 97.3 Å². The van der Waals surface area contributed by atoms with Gasteiger partial charge in [-0.1, -0.05) is 13.8 Å². The Labute approximate surface area is 185 Å². The Hall–Kier alpha value is -1.32. The first kappa shape index (κ1) is 22.9. The summed E-state index contributed by atoms with van der Waals surface area (Å²) in [7, 11) is -0.569. The van der Waals surface area contributed by atoms with Crippen molar-refractivity contribution in [2.24, 2.45) is 17.3 Å². The van der Waals surface area contributed by atoms with Gasteiger partial charge in [0.05, 0.1) is 23.8 Å². The molecule has 2 aliphatic heterocycles. The van der Waals surface area contributed by atoms with Gasteiger partial charge in [0.25, 0.3) is 0 Å². The summed E-state index contributed by atoms with van der Waals surface area (Å²) >= 11 is 0. The van der Waals surface area contributed by atoms with Crippen LogP contribution in [-0.4, -0.2) is 71.1 Å². The molecule has 2 bridgehead atoms. The van der Waals surface area contributed by atoms with Gasteiger partial charge in [0.1, 0.15) is 11.6 Å². The molecule has 0 spiro atoms. The molecule has 2 heterocycles. The molecule has 0 aromatic carbocycles. The van der Waals surface area contributed by atoms with Crippen LogP contribution >= 0.6 is 0 Å². The Balaban J connectivity index is 1.44. The van der Waals surface area contributed by atoms with E-state index in [1.165, 1.54) is 0 Å². The molecule has 0 radical (unpaired) electrons. The molecule has 174 valence electrons. The van der Waals surface area contributed by atoms with Gasteiger partial charge in [0.2, 0.25) is 5.91 Å². The van der Waals surface area contributed by atoms with Gasteiger partial charge in [-0.2, -0.15) is 0 Å². The van der Waals surface area contributed by atoms with E-state index >= 15 is 0 Å². The predicted molar refractivity (Wildman–Crippen MR) is 115 cm³/mol. The molecule has 2 amide bonds. The van der Waals surface area contributed by atoms with Crippen molar-refractivity contribution in [3.05, 3.63) is 0 Å². The molecule has 31 heavy (non-hydrogen) atoms. The molecule has 7 atom stereocenters. The van der Waals surface area contributed by atoms with Gasteiger partial charge in [-0.25, -0.2) is 4.79 Å². The van der Waals surface area contributed by atoms with Crippen molar-refractivity contribution in [1.82, 2.24) is 10.2 Å². The fourth-order valence-electron chi connectivity index (χ4n) is 6.21. The van der Waals surface area contributed by atoms with Crippen molar-refractivity contribution in [2.45, 2.75) is 103 Å². The molecule has 5 fully saturated rings. The van der Waals surface area contributed by atoms with Gasteiger partial charge in [0, 0.05) is 6.54 Å². The number of aliphatic hydroxyl groups is 1. The van der Waals surface area contributed by atoms with Crippen molar-refractivity contribution < 1.29 is 28.7 Å². The van der Waals surface area contributed by atoms with Gasteiger partial charge >= 0.3 is 13.2 Å². The largest absolute Gasteiger partial charge is 0.482 e. The quantitative estimate of drug-likeness (QED) is 0.658. The molecule has 0 aromatic rings. The van der Waals surface area contributed by atoms with Crippen LogP contribution in [0.4, 0.5) is 4.79 Å². The number of ether oxygens (including phenoxy) is 1. The molecular weight excluding hydrogens is 399 g/mol. The Bertz CT molecular complexity index is 755. The van der Waals surface area contributed by atoms with E-state index in [2.05, 4.69) is 26.1 Å². The molecule has 3 aliphatic carbocycles. The number of amides is 2. The number of rotatable bonds is 3. The standard InChI is InChI=1S/C22H37BN2O6/c1-12(24-19(28)29-20(2,3)4)18(27)25-11-14(26)10-17(25)23-30-16-9-13-8-15(21(13,5)6)22(16,7)31-23/h12-17,26H,8-11H2,1-7H3,(H,24,28)/t12-,13-,14-,15-,16+,17-,22-/m0/s1. The molecule has 0 aromatic heterocycles. The van der Waals surface area contributed by atoms with E-state index in [0.29, 0.717) is 18.3 Å². The van der Waals surface area contributed by atoms with Crippen LogP contribution in [-0.2, 0) is 18.8 Å². The fourth-order valence-corrected chi connectivity index (χ4v) is 6.21. The molecule has 3 saturated carbocycles. The lowest BCUT2D eigenvalue weighted by Crippen LogP contribution is -2.65. The van der Waals surface area contributed by atoms with Crippen LogP contribution in [0.2, 0.25) is 0 Å². The molecule has 5 aliphatic rings. The Morgan fingerprint density at radius 1 is 1.23 bits per heavy atom. The third-order valence-electron chi connectivity index (χ3n) is 7.99. The highest BCUT2D eigenvalue weighted by atomic mass is 16.7. The van der Waals surface area contributed by atoms with E-state index in [0.717, 1.165) is 12.8 Å². The number of alkyl carbamates (subject to hydrolysis) is 1. The minimum Gasteiger partial charge on any atom is -0.444 e. The minimum absolute atomic E-state index is 0.0151. The van der Waals surface area contributed by atoms with Gasteiger partial charge in [-0.3, -0.25) is 4.79 Å². The zero-order valence-corrected chi connectivity index (χ0v) is 19.8. The lowest BCUT2D eigenvalue weighted by molar-refractivity contribution is -0.199. The predicted octanol–water partition coefficient (Wildman–Crippen LogP) is 2.13. The second-order valence-corrected chi connectivity index (χ2v) is 11.7. The van der Waals surface area contributed by atoms with Crippen LogP contribution in [0.15, 0.2) is 0 Å². The van der Waals surface area contributed by atoms with Gasteiger partial charge < -0.3 is 29.4 Å². The number of carbonyl (C=O) groups is 2. The molecule has 2 N–H and O–H groups in total. The number of nitrogens with zero attached hydrogens (tertiary/aromatic N) is 1. The number of hydrogen-bond acceptors (Lipinski definition) is 6. The maximum absolute atomic E-state index is 13.2. The minimum atomic E-state index is -0.784. The highest BCUT2D eigenvalue weighted by molar-refractivity contribution is 6.48. The second kappa shape index (κ2) is 7.35. The smallest absolute Gasteiger partial charge is 0.444 e. The fraction of sp³-hybridized carbons (Fsp3) is 0.909. The Morgan fingerprint density at radius 3 is 2.52 bits per heavy atom. The Kier molecular flexibility index (Phi) is 5.42. The van der Waals surface area contributed by atoms with Crippen molar-refractivity contribution in [3.63, 3.8) is 0 Å². The normalized spacial score (nSPS) is 39.5. The van der Waals surface area contributed by atoms with Crippen LogP contribution < -0.4 is 5.32 Å². The van der Waals surface area contributed by atoms with Gasteiger partial charge in [-0.15, -0.1) is 0 Å². The number of likely N-dealkylation sites (tertiary alicyclic amines) is 1. The number of aliphatic hydroxyl groups excluding tert-OH is 1. The number of β-amino-alcohol motifs (C(OH)–C–C–N with tert-alkyl or cyclic N) is 1. The molecule has 2 saturated heterocycles. The van der Waals surface area contributed by atoms with Gasteiger partial charge in [-0.05, 0) is 71.1 Å². The molecule has 0 unspecified atom stereocenters. The van der Waals surface area contributed by atoms with E-state index in [1.54, 1.807) is 32.6 Å². The third kappa shape index (κ3) is 3.87. The van der Waals surface area contributed by atoms with Crippen LogP contribution in [0.3, 0.4) is 0 Å². The van der Waals surface area contributed by atoms with Crippen LogP contribution in [0, 0.1) is 17.3 Å². The SMILES string of the molecule is C[C@H](NC(=O)OC(C)(C)C)C(=O)N1C[C@@H](O)C[C@H]1B1O[C@@H]2C[C@@H]3C[C@@H](C3(C)C)[C@]2(C)O1. The summed E-state index contributed by atoms with van der Waals surface area (Å²) in [6, 6.07) is -0.784. The summed E-state index contributed by atoms with van der Waals surface area (Å²) in [6.45, 7) is 13.9. The summed E-state index contributed by atoms with van der Waals surface area (Å²) in [4.78, 5) is 26.9. The Morgan fingerprint density at radius 2 is 1.90 bits per heavy atom. The van der Waals surface area contributed by atoms with Crippen LogP contribution in [0.5, 0.6) is 0 Å². The highest BCUT2D eigenvalue weighted by Crippen LogP contribution is 2.65. The summed E-state index contributed by atoms with van der Waals surface area (Å²) in [6.07, 6.45) is 1.25. The van der Waals surface area contributed by atoms with E-state index in [-0.39, 0.29) is 35.5 Å². The van der Waals surface area contributed by atoms with Crippen molar-refractivity contribution in [3.8, 4) is 0 Å². The van der Waals surface area contributed by atoms with Crippen LogP contribution in [0.25, 0.3) is 0 Å². The summed E-state index contributed by atoms with van der Waals surface area (Å²) < 4.78 is 18.2. The number of nitrogens with one attached hydrogen (secondary N) is 1. The average Bonchev–Trinajstić information content (AvgIpc) is 3.18. The monoisotopic (exact) mass is 436 g/mol. The van der Waals surface area contributed by atoms with Gasteiger partial charge in [0.15, 0.2) is 0 Å². The third-order valence-corrected chi connectivity index (χ3v) is 7.99. The van der Waals surface area contributed by atoms with E-state index in [1.807, 2.05) is 0 Å². The zero-order chi connectivity index (χ0) is 22.9. The maximum Gasteiger partial charge on any atom is 0.482 e. The maximum atomic E-state index is 13.2. The summed E-state index contributed by atoms with van der Waals surface area (Å²) in [5.74, 6) is 0.414. The highest BCUT2D eigenvalue weighted by Gasteiger charge is 2.69. The number of carbonyl (C=O) groups excluding carboxylic acids is 2. The van der Waals surface area contributed by atoms with E-state index in [4.69, 9.17) is 14.0 Å². The zero-order valence-electron chi connectivity index (χ0n) is 19.8. The first-order valence-electron chi connectivity index (χ1n) is 11.5. The molecule has 9 heteroatoms. The molecule has 5 rings (SSSR count). The van der Waals surface area contributed by atoms with E-state index < -0.39 is 31.0 Å². The van der Waals surface area contributed by atoms with E-state index in [9.17, 15) is 14.7 Å². The van der Waals surface area contributed by atoms with Crippen molar-refractivity contribution in [2.75, 3.05) is 6.54 Å². The lowest BCUT2D eigenvalue weighted by Gasteiger charge is -2.64. The number of hydrogen-bond donors (Lipinski definition) is 2. The first-order chi connectivity index (χ1) is 14.2. The first-order valence-corrected chi connectivity index (χ1v) is 11.5. The summed E-state index contributed by atoms with van der Waals surface area (Å²) in [5.41, 5.74) is -0.781. The van der Waals surface area contributed by atoms with Crippen molar-refractivity contribution >= 4 is 19.1 Å². The lowest BCUT2D eigenvalue weighted by atomic mass is 9.43. The van der Waals surface area contributed by atoms with Crippen LogP contribution in [0.1, 0.15) is 67.7 Å². The average molecular weight is 436 g/mol. The molecule has 8 nitrogen and oxygen atoms in total. The van der Waals surface area contributed by atoms with Crippen molar-refractivity contribution in [1.29, 1.82) is 0 Å². The summed E-state index contributed by atoms with van der Waals surface area (Å²) in [5, 5.41) is 13.0.